The number of nitrogens with one attached hydrogen (secondary N) is 1. The summed E-state index contributed by atoms with van der Waals surface area (Å²) in [4.78, 5) is 13.0. The summed E-state index contributed by atoms with van der Waals surface area (Å²) >= 11 is 13.6. The van der Waals surface area contributed by atoms with Crippen LogP contribution in [-0.2, 0) is 4.79 Å². The fourth-order valence-electron chi connectivity index (χ4n) is 2.04. The molecule has 1 amide bonds. The standard InChI is InChI=1S/C16H13Cl2NO3S/c1-9(23-15-11(17)3-2-4-12(15)18)16(20)19-10-5-6-13-14(7-10)22-8-21-13/h2-7,9H,8H2,1H3,(H,19,20). The van der Waals surface area contributed by atoms with Gasteiger partial charge in [-0.2, -0.15) is 0 Å². The molecule has 1 atom stereocenters. The van der Waals surface area contributed by atoms with E-state index in [0.717, 1.165) is 0 Å². The van der Waals surface area contributed by atoms with Gasteiger partial charge >= 0.3 is 0 Å². The van der Waals surface area contributed by atoms with Gasteiger partial charge in [-0.15, -0.1) is 11.8 Å². The average Bonchev–Trinajstić information content (AvgIpc) is 2.98. The SMILES string of the molecule is CC(Sc1c(Cl)cccc1Cl)C(=O)Nc1ccc2c(c1)OCO2. The van der Waals surface area contributed by atoms with Gasteiger partial charge in [-0.25, -0.2) is 0 Å². The van der Waals surface area contributed by atoms with Crippen LogP contribution in [0.5, 0.6) is 11.5 Å². The van der Waals surface area contributed by atoms with Crippen molar-refractivity contribution in [3.05, 3.63) is 46.4 Å². The molecule has 120 valence electrons. The number of thioether (sulfide) groups is 1. The van der Waals surface area contributed by atoms with Crippen LogP contribution in [0.4, 0.5) is 5.69 Å². The fourth-order valence-corrected chi connectivity index (χ4v) is 3.59. The highest BCUT2D eigenvalue weighted by molar-refractivity contribution is 8.00. The lowest BCUT2D eigenvalue weighted by Crippen LogP contribution is -2.22. The summed E-state index contributed by atoms with van der Waals surface area (Å²) in [5.74, 6) is 1.15. The molecule has 0 saturated carbocycles. The van der Waals surface area contributed by atoms with Crippen LogP contribution < -0.4 is 14.8 Å². The largest absolute Gasteiger partial charge is 0.454 e. The first-order valence-electron chi connectivity index (χ1n) is 6.86. The Bertz CT molecular complexity index is 734. The third-order valence-electron chi connectivity index (χ3n) is 3.22. The van der Waals surface area contributed by atoms with Gasteiger partial charge in [0.1, 0.15) is 0 Å². The van der Waals surface area contributed by atoms with Crippen molar-refractivity contribution in [1.29, 1.82) is 0 Å². The first-order valence-corrected chi connectivity index (χ1v) is 8.49. The Hall–Kier alpha value is -1.56. The van der Waals surface area contributed by atoms with E-state index in [-0.39, 0.29) is 18.0 Å². The zero-order chi connectivity index (χ0) is 16.4. The van der Waals surface area contributed by atoms with E-state index < -0.39 is 0 Å². The molecule has 3 rings (SSSR count). The number of anilines is 1. The van der Waals surface area contributed by atoms with Crippen molar-refractivity contribution in [2.75, 3.05) is 12.1 Å². The lowest BCUT2D eigenvalue weighted by atomic mass is 10.2. The highest BCUT2D eigenvalue weighted by atomic mass is 35.5. The molecule has 1 heterocycles. The zero-order valence-electron chi connectivity index (χ0n) is 12.1. The maximum atomic E-state index is 12.3. The first kappa shape index (κ1) is 16.3. The van der Waals surface area contributed by atoms with Crippen molar-refractivity contribution in [2.24, 2.45) is 0 Å². The van der Waals surface area contributed by atoms with Crippen molar-refractivity contribution < 1.29 is 14.3 Å². The highest BCUT2D eigenvalue weighted by Crippen LogP contribution is 2.37. The molecule has 0 saturated heterocycles. The Kier molecular flexibility index (Phi) is 4.90. The van der Waals surface area contributed by atoms with E-state index >= 15 is 0 Å². The van der Waals surface area contributed by atoms with Crippen LogP contribution in [0.3, 0.4) is 0 Å². The number of amides is 1. The lowest BCUT2D eigenvalue weighted by molar-refractivity contribution is -0.115. The van der Waals surface area contributed by atoms with Gasteiger partial charge in [0, 0.05) is 16.6 Å². The average molecular weight is 370 g/mol. The molecule has 7 heteroatoms. The van der Waals surface area contributed by atoms with E-state index in [9.17, 15) is 4.79 Å². The van der Waals surface area contributed by atoms with Crippen LogP contribution in [-0.4, -0.2) is 18.0 Å². The molecular formula is C16H13Cl2NO3S. The van der Waals surface area contributed by atoms with Crippen LogP contribution in [0, 0.1) is 0 Å². The third-order valence-corrected chi connectivity index (χ3v) is 5.32. The van der Waals surface area contributed by atoms with Crippen molar-refractivity contribution in [3.63, 3.8) is 0 Å². The first-order chi connectivity index (χ1) is 11.0. The van der Waals surface area contributed by atoms with Crippen molar-refractivity contribution in [3.8, 4) is 11.5 Å². The van der Waals surface area contributed by atoms with E-state index in [1.54, 1.807) is 43.3 Å². The number of hydrogen-bond acceptors (Lipinski definition) is 4. The van der Waals surface area contributed by atoms with Crippen LogP contribution in [0.1, 0.15) is 6.92 Å². The van der Waals surface area contributed by atoms with Crippen molar-refractivity contribution in [2.45, 2.75) is 17.1 Å². The van der Waals surface area contributed by atoms with Gasteiger partial charge in [-0.1, -0.05) is 29.3 Å². The molecule has 1 aliphatic heterocycles. The number of carbonyl (C=O) groups excluding carboxylic acids is 1. The Morgan fingerprint density at radius 1 is 1.17 bits per heavy atom. The molecule has 0 spiro atoms. The molecule has 1 unspecified atom stereocenters. The van der Waals surface area contributed by atoms with Crippen molar-refractivity contribution in [1.82, 2.24) is 0 Å². The summed E-state index contributed by atoms with van der Waals surface area (Å²) in [7, 11) is 0. The maximum Gasteiger partial charge on any atom is 0.237 e. The van der Waals surface area contributed by atoms with Gasteiger partial charge in [0.15, 0.2) is 11.5 Å². The Morgan fingerprint density at radius 2 is 1.87 bits per heavy atom. The molecular weight excluding hydrogens is 357 g/mol. The normalized spacial score (nSPS) is 13.7. The minimum Gasteiger partial charge on any atom is -0.454 e. The van der Waals surface area contributed by atoms with Crippen molar-refractivity contribution >= 4 is 46.6 Å². The summed E-state index contributed by atoms with van der Waals surface area (Å²) in [5.41, 5.74) is 0.650. The maximum absolute atomic E-state index is 12.3. The van der Waals surface area contributed by atoms with Gasteiger partial charge < -0.3 is 14.8 Å². The number of hydrogen-bond donors (Lipinski definition) is 1. The summed E-state index contributed by atoms with van der Waals surface area (Å²) < 4.78 is 10.5. The van der Waals surface area contributed by atoms with Crippen LogP contribution in [0.15, 0.2) is 41.3 Å². The monoisotopic (exact) mass is 369 g/mol. The third kappa shape index (κ3) is 3.68. The van der Waals surface area contributed by atoms with E-state index in [0.29, 0.717) is 32.1 Å². The molecule has 0 fully saturated rings. The second kappa shape index (κ2) is 6.91. The van der Waals surface area contributed by atoms with E-state index in [1.165, 1.54) is 11.8 Å². The van der Waals surface area contributed by atoms with E-state index in [2.05, 4.69) is 5.32 Å². The summed E-state index contributed by atoms with van der Waals surface area (Å²) in [5, 5.41) is 3.55. The predicted octanol–water partition coefficient (Wildman–Crippen LogP) is 4.84. The van der Waals surface area contributed by atoms with Gasteiger partial charge in [0.2, 0.25) is 12.7 Å². The molecule has 2 aromatic rings. The molecule has 0 aliphatic carbocycles. The fraction of sp³-hybridized carbons (Fsp3) is 0.188. The van der Waals surface area contributed by atoms with Gasteiger partial charge in [-0.05, 0) is 31.2 Å². The van der Waals surface area contributed by atoms with Crippen LogP contribution in [0.2, 0.25) is 10.0 Å². The topological polar surface area (TPSA) is 47.6 Å². The van der Waals surface area contributed by atoms with Gasteiger partial charge in [-0.3, -0.25) is 4.79 Å². The molecule has 0 aromatic heterocycles. The minimum atomic E-state index is -0.363. The zero-order valence-corrected chi connectivity index (χ0v) is 14.5. The Morgan fingerprint density at radius 3 is 2.61 bits per heavy atom. The quantitative estimate of drug-likeness (QED) is 0.783. The molecule has 4 nitrogen and oxygen atoms in total. The second-order valence-electron chi connectivity index (χ2n) is 4.87. The molecule has 1 aliphatic rings. The predicted molar refractivity (Wildman–Crippen MR) is 93.0 cm³/mol. The number of fused-ring (bicyclic) bond motifs is 1. The molecule has 2 aromatic carbocycles. The van der Waals surface area contributed by atoms with Gasteiger partial charge in [0.05, 0.1) is 15.3 Å². The van der Waals surface area contributed by atoms with E-state index in [4.69, 9.17) is 32.7 Å². The smallest absolute Gasteiger partial charge is 0.237 e. The molecule has 0 bridgehead atoms. The number of halogens is 2. The summed E-state index contributed by atoms with van der Waals surface area (Å²) in [6, 6.07) is 10.5. The molecule has 0 radical (unpaired) electrons. The molecule has 23 heavy (non-hydrogen) atoms. The van der Waals surface area contributed by atoms with Gasteiger partial charge in [0.25, 0.3) is 0 Å². The van der Waals surface area contributed by atoms with Crippen LogP contribution in [0.25, 0.3) is 0 Å². The number of carbonyl (C=O) groups is 1. The van der Waals surface area contributed by atoms with Crippen LogP contribution >= 0.6 is 35.0 Å². The number of rotatable bonds is 4. The second-order valence-corrected chi connectivity index (χ2v) is 7.03. The molecule has 1 N–H and O–H groups in total. The summed E-state index contributed by atoms with van der Waals surface area (Å²) in [6.07, 6.45) is 0. The number of ether oxygens (including phenoxy) is 2. The Labute approximate surface area is 148 Å². The summed E-state index contributed by atoms with van der Waals surface area (Å²) in [6.45, 7) is 2.00. The minimum absolute atomic E-state index is 0.148. The Balaban J connectivity index is 1.68. The number of benzene rings is 2. The highest BCUT2D eigenvalue weighted by Gasteiger charge is 2.19. The lowest BCUT2D eigenvalue weighted by Gasteiger charge is -2.14. The van der Waals surface area contributed by atoms with E-state index in [1.807, 2.05) is 0 Å².